The van der Waals surface area contributed by atoms with Crippen molar-refractivity contribution in [3.8, 4) is 0 Å². The number of nitrogens with zero attached hydrogens (tertiary/aromatic N) is 8. The Labute approximate surface area is 522 Å². The molecule has 0 atom stereocenters. The molecule has 0 aliphatic rings. The third-order valence-electron chi connectivity index (χ3n) is 11.7. The van der Waals surface area contributed by atoms with Crippen LogP contribution in [0.1, 0.15) is 32.6 Å². The van der Waals surface area contributed by atoms with Gasteiger partial charge in [-0.1, -0.05) is 115 Å². The molecule has 0 bridgehead atoms. The Morgan fingerprint density at radius 3 is 1.25 bits per heavy atom. The van der Waals surface area contributed by atoms with Crippen molar-refractivity contribution in [2.75, 3.05) is 83.7 Å². The number of rotatable bonds is 27. The maximum atomic E-state index is 13.0. The third kappa shape index (κ3) is 18.9. The topological polar surface area (TPSA) is 350 Å². The van der Waals surface area contributed by atoms with Crippen LogP contribution in [0.2, 0.25) is 0 Å². The van der Waals surface area contributed by atoms with Gasteiger partial charge >= 0.3 is 65.1 Å². The number of aromatic nitrogens is 6. The van der Waals surface area contributed by atoms with E-state index >= 15 is 0 Å². The fourth-order valence-electron chi connectivity index (χ4n) is 7.91. The fourth-order valence-corrected chi connectivity index (χ4v) is 9.30. The minimum Gasteiger partial charge on any atom is -0.744 e. The zero-order valence-corrected chi connectivity index (χ0v) is 50.5. The van der Waals surface area contributed by atoms with Crippen molar-refractivity contribution < 1.29 is 115 Å². The Morgan fingerprint density at radius 2 is 0.855 bits per heavy atom. The first kappa shape index (κ1) is 64.9. The Hall–Kier alpha value is -7.28. The molecule has 2 aromatic heterocycles. The summed E-state index contributed by atoms with van der Waals surface area (Å²) in [5.41, 5.74) is 2.51. The van der Waals surface area contributed by atoms with Crippen LogP contribution in [0.5, 0.6) is 0 Å². The summed E-state index contributed by atoms with van der Waals surface area (Å²) in [4.78, 5) is 54.0. The van der Waals surface area contributed by atoms with Gasteiger partial charge in [0.1, 0.15) is 26.8 Å². The smallest absolute Gasteiger partial charge is 0.744 e. The number of carbonyl (C=O) groups is 2. The van der Waals surface area contributed by atoms with Crippen LogP contribution in [0.15, 0.2) is 161 Å². The van der Waals surface area contributed by atoms with Crippen molar-refractivity contribution in [2.24, 2.45) is 0 Å². The maximum absolute atomic E-state index is 13.0. The summed E-state index contributed by atoms with van der Waals surface area (Å²) in [5.74, 6) is -0.861. The average Bonchev–Trinajstić information content (AvgIpc) is 3.45. The number of ether oxygens (including phenoxy) is 1. The number of aliphatic hydroxyl groups excluding tert-OH is 3. The molecule has 0 saturated carbocycles. The first-order chi connectivity index (χ1) is 39.0. The Morgan fingerprint density at radius 1 is 0.482 bits per heavy atom. The van der Waals surface area contributed by atoms with Crippen LogP contribution in [0.4, 0.5) is 58.4 Å². The van der Waals surface area contributed by atoms with Crippen molar-refractivity contribution in [3.63, 3.8) is 0 Å². The second-order valence-corrected chi connectivity index (χ2v) is 20.2. The van der Waals surface area contributed by atoms with E-state index in [-0.39, 0.29) is 182 Å². The molecule has 0 radical (unpaired) electrons. The van der Waals surface area contributed by atoms with Gasteiger partial charge in [-0.05, 0) is 65.2 Å². The molecule has 0 amide bonds. The van der Waals surface area contributed by atoms with E-state index in [1.54, 1.807) is 103 Å². The summed E-state index contributed by atoms with van der Waals surface area (Å²) < 4.78 is 82.3. The van der Waals surface area contributed by atoms with Gasteiger partial charge in [-0.25, -0.2) is 16.8 Å². The molecule has 0 fully saturated rings. The SMILES string of the molecule is O=C(Cc1ccc(C(=O)c2ccccc2)cc1)OCCN(CCO)c1nc(Nc2ccccc2)nc(Nc2ccc(/C=C/c3ccc(Nc4nc(Nc5ccccc5)nc(N(CCO)CCO)n4)cc3S(=O)(=O)[O-])c(S(=O)(=O)[O-])c2)n1.[Na+].[Na+]. The second kappa shape index (κ2) is 30.9. The monoisotopic (exact) mass is 1180 g/mol. The predicted octanol–water partition coefficient (Wildman–Crippen LogP) is -0.376. The first-order valence-electron chi connectivity index (χ1n) is 24.8. The van der Waals surface area contributed by atoms with Crippen molar-refractivity contribution in [3.05, 3.63) is 179 Å². The number of hydrogen-bond donors (Lipinski definition) is 7. The van der Waals surface area contributed by atoms with Crippen LogP contribution in [-0.4, -0.2) is 136 Å². The van der Waals surface area contributed by atoms with E-state index in [0.717, 1.165) is 24.3 Å². The zero-order valence-electron chi connectivity index (χ0n) is 44.9. The number of ketones is 1. The Kier molecular flexibility index (Phi) is 24.1. The van der Waals surface area contributed by atoms with Crippen LogP contribution in [0.3, 0.4) is 0 Å². The molecule has 6 aromatic carbocycles. The molecule has 0 aliphatic carbocycles. The first-order valence-corrected chi connectivity index (χ1v) is 27.6. The molecule has 8 rings (SSSR count). The molecule has 2 heterocycles. The summed E-state index contributed by atoms with van der Waals surface area (Å²) in [5, 5.41) is 41.3. The molecule has 0 unspecified atom stereocenters. The third-order valence-corrected chi connectivity index (χ3v) is 13.5. The minimum absolute atomic E-state index is 0. The van der Waals surface area contributed by atoms with Crippen molar-refractivity contribution >= 4 is 103 Å². The van der Waals surface area contributed by atoms with Crippen LogP contribution in [0.25, 0.3) is 12.2 Å². The van der Waals surface area contributed by atoms with E-state index in [0.29, 0.717) is 28.1 Å². The largest absolute Gasteiger partial charge is 1.00 e. The Bertz CT molecular complexity index is 3730. The molecule has 24 nitrogen and oxygen atoms in total. The van der Waals surface area contributed by atoms with E-state index in [1.807, 2.05) is 12.1 Å². The molecule has 28 heteroatoms. The van der Waals surface area contributed by atoms with Gasteiger partial charge in [0.15, 0.2) is 5.78 Å². The number of para-hydroxylation sites is 2. The quantitative estimate of drug-likeness (QED) is 0.0113. The van der Waals surface area contributed by atoms with Crippen molar-refractivity contribution in [1.29, 1.82) is 0 Å². The van der Waals surface area contributed by atoms with Gasteiger partial charge in [0.2, 0.25) is 35.7 Å². The standard InChI is InChI=1S/C55H54N12O12S2.2Na/c68-30-26-66(27-31-69)54-62-50(56-42-12-6-2-7-13-42)60-52(64-54)58-44-24-22-38(46(35-44)80(73,74)75)20-21-39-23-25-45(36-47(39)81(76,77)78)59-53-61-51(57-43-14-8-3-9-15-43)63-55(65-53)67(28-32-70)29-33-79-48(71)34-37-16-18-41(19-17-37)49(72)40-10-4-1-5-11-40;;/h1-25,35-36,68-70H,26-34H2,(H,73,74,75)(H,76,77,78)(H2,56,58,60,62,64)(H2,57,59,61,63,65);;/q;2*+1/p-2/b21-20+;;. The molecule has 418 valence electrons. The summed E-state index contributed by atoms with van der Waals surface area (Å²) in [6, 6.07) is 40.5. The number of esters is 1. The van der Waals surface area contributed by atoms with E-state index in [1.165, 1.54) is 34.1 Å². The van der Waals surface area contributed by atoms with Gasteiger partial charge in [-0.15, -0.1) is 0 Å². The number of anilines is 10. The van der Waals surface area contributed by atoms with Gasteiger partial charge in [0.25, 0.3) is 0 Å². The summed E-state index contributed by atoms with van der Waals surface area (Å²) in [6.45, 7) is -1.05. The molecular formula is C55H52N12Na2O12S2. The van der Waals surface area contributed by atoms with E-state index in [9.17, 15) is 50.8 Å². The molecule has 7 N–H and O–H groups in total. The van der Waals surface area contributed by atoms with E-state index in [4.69, 9.17) is 4.74 Å². The Balaban J connectivity index is 0.00000553. The van der Waals surface area contributed by atoms with Gasteiger partial charge in [-0.3, -0.25) is 9.59 Å². The zero-order chi connectivity index (χ0) is 57.4. The second-order valence-electron chi connectivity index (χ2n) is 17.5. The molecular weight excluding hydrogens is 1130 g/mol. The number of benzene rings is 6. The van der Waals surface area contributed by atoms with Gasteiger partial charge in [-0.2, -0.15) is 29.9 Å². The number of nitrogens with one attached hydrogen (secondary N) is 4. The van der Waals surface area contributed by atoms with E-state index in [2.05, 4.69) is 51.2 Å². The van der Waals surface area contributed by atoms with Crippen LogP contribution in [0, 0.1) is 0 Å². The molecule has 8 aromatic rings. The van der Waals surface area contributed by atoms with Crippen LogP contribution < -0.4 is 90.2 Å². The molecule has 0 aliphatic heterocycles. The van der Waals surface area contributed by atoms with Gasteiger partial charge in [0.05, 0.1) is 42.6 Å². The predicted molar refractivity (Wildman–Crippen MR) is 300 cm³/mol. The number of carbonyl (C=O) groups excluding carboxylic acids is 2. The minimum atomic E-state index is -5.25. The molecule has 0 spiro atoms. The molecule has 83 heavy (non-hydrogen) atoms. The van der Waals surface area contributed by atoms with Gasteiger partial charge in [0, 0.05) is 53.5 Å². The van der Waals surface area contributed by atoms with Crippen molar-refractivity contribution in [1.82, 2.24) is 29.9 Å². The maximum Gasteiger partial charge on any atom is 1.00 e. The van der Waals surface area contributed by atoms with Gasteiger partial charge < -0.3 is 60.2 Å². The molecule has 0 saturated heterocycles. The van der Waals surface area contributed by atoms with E-state index < -0.39 is 36.0 Å². The number of hydrogen-bond acceptors (Lipinski definition) is 24. The van der Waals surface area contributed by atoms with Crippen molar-refractivity contribution in [2.45, 2.75) is 16.2 Å². The summed E-state index contributed by atoms with van der Waals surface area (Å²) >= 11 is 0. The number of aliphatic hydroxyl groups is 3. The summed E-state index contributed by atoms with van der Waals surface area (Å²) in [6.07, 6.45) is 2.21. The average molecular weight is 1180 g/mol. The van der Waals surface area contributed by atoms with Crippen LogP contribution >= 0.6 is 0 Å². The normalized spacial score (nSPS) is 11.2. The fraction of sp³-hybridized carbons (Fsp3) is 0.164. The summed E-state index contributed by atoms with van der Waals surface area (Å²) in [7, 11) is -10.5. The van der Waals surface area contributed by atoms with Crippen LogP contribution in [-0.2, 0) is 36.2 Å².